The topological polar surface area (TPSA) is 193 Å². The SMILES string of the molecule is Cc1cc(NC(=O)c2ncc(-c3ccc(OCC#N)c(F)c3F)n2C)ccc1C(=O)N1CCN(C(=O)N[C@H]2C[N+](C)(C)C[C@@H]2O)CC1.O=C[O-]. The van der Waals surface area contributed by atoms with Crippen molar-refractivity contribution in [1.29, 1.82) is 5.26 Å². The van der Waals surface area contributed by atoms with Crippen LogP contribution in [0, 0.1) is 29.9 Å². The Morgan fingerprint density at radius 3 is 2.38 bits per heavy atom. The Kier molecular flexibility index (Phi) is 11.7. The lowest BCUT2D eigenvalue weighted by Gasteiger charge is -2.35. The number of nitriles is 1. The van der Waals surface area contributed by atoms with Crippen LogP contribution < -0.4 is 20.5 Å². The normalized spacial score (nSPS) is 18.0. The van der Waals surface area contributed by atoms with Gasteiger partial charge in [0, 0.05) is 56.5 Å². The van der Waals surface area contributed by atoms with Gasteiger partial charge in [0.25, 0.3) is 11.8 Å². The molecule has 2 aliphatic rings. The first kappa shape index (κ1) is 37.2. The summed E-state index contributed by atoms with van der Waals surface area (Å²) >= 11 is 0. The number of halogens is 2. The van der Waals surface area contributed by atoms with Crippen molar-refractivity contribution in [3.8, 4) is 23.1 Å². The number of amides is 4. The number of carboxylic acid groups (broad SMARTS) is 1. The van der Waals surface area contributed by atoms with E-state index in [-0.39, 0.29) is 35.1 Å². The fourth-order valence-electron chi connectivity index (χ4n) is 6.03. The van der Waals surface area contributed by atoms with Crippen LogP contribution in [0.4, 0.5) is 19.3 Å². The second kappa shape index (κ2) is 15.7. The molecule has 3 N–H and O–H groups in total. The minimum Gasteiger partial charge on any atom is -0.554 e. The lowest BCUT2D eigenvalue weighted by molar-refractivity contribution is -0.879. The molecule has 2 atom stereocenters. The molecule has 0 radical (unpaired) electrons. The van der Waals surface area contributed by atoms with Gasteiger partial charge in [-0.15, -0.1) is 0 Å². The van der Waals surface area contributed by atoms with Gasteiger partial charge in [-0.1, -0.05) is 0 Å². The van der Waals surface area contributed by atoms with E-state index in [0.29, 0.717) is 60.6 Å². The van der Waals surface area contributed by atoms with E-state index < -0.39 is 42.5 Å². The van der Waals surface area contributed by atoms with Crippen molar-refractivity contribution in [2.45, 2.75) is 19.1 Å². The van der Waals surface area contributed by atoms with Crippen molar-refractivity contribution >= 4 is 30.0 Å². The first-order chi connectivity index (χ1) is 23.7. The lowest BCUT2D eigenvalue weighted by atomic mass is 10.1. The maximum absolute atomic E-state index is 14.8. The van der Waals surface area contributed by atoms with Crippen LogP contribution in [0.3, 0.4) is 0 Å². The van der Waals surface area contributed by atoms with Crippen molar-refractivity contribution in [1.82, 2.24) is 24.7 Å². The summed E-state index contributed by atoms with van der Waals surface area (Å²) in [5.41, 5.74) is 1.49. The van der Waals surface area contributed by atoms with Gasteiger partial charge in [-0.05, 0) is 42.8 Å². The van der Waals surface area contributed by atoms with E-state index in [1.807, 2.05) is 14.1 Å². The molecule has 4 amide bonds. The second-order valence-electron chi connectivity index (χ2n) is 12.5. The predicted octanol–water partition coefficient (Wildman–Crippen LogP) is 0.481. The van der Waals surface area contributed by atoms with Gasteiger partial charge in [0.15, 0.2) is 24.0 Å². The lowest BCUT2D eigenvalue weighted by Crippen LogP contribution is -2.56. The number of carbonyl (C=O) groups is 4. The molecule has 0 unspecified atom stereocenters. The molecule has 2 fully saturated rings. The fraction of sp³-hybridized carbons (Fsp3) is 0.394. The molecule has 0 spiro atoms. The number of anilines is 1. The number of aliphatic hydroxyl groups is 1. The number of rotatable bonds is 7. The Balaban J connectivity index is 0.00000181. The molecule has 1 aromatic heterocycles. The number of hydrogen-bond acceptors (Lipinski definition) is 9. The molecule has 0 aliphatic carbocycles. The molecule has 5 rings (SSSR count). The average molecular weight is 697 g/mol. The summed E-state index contributed by atoms with van der Waals surface area (Å²) in [5.74, 6) is -3.73. The summed E-state index contributed by atoms with van der Waals surface area (Å²) in [6, 6.07) is 8.45. The van der Waals surface area contributed by atoms with E-state index >= 15 is 0 Å². The maximum Gasteiger partial charge on any atom is 0.318 e. The van der Waals surface area contributed by atoms with Crippen molar-refractivity contribution in [3.63, 3.8) is 0 Å². The van der Waals surface area contributed by atoms with Gasteiger partial charge in [-0.2, -0.15) is 9.65 Å². The highest BCUT2D eigenvalue weighted by Crippen LogP contribution is 2.30. The van der Waals surface area contributed by atoms with E-state index in [2.05, 4.69) is 15.6 Å². The Hall–Kier alpha value is -5.60. The molecular weight excluding hydrogens is 658 g/mol. The van der Waals surface area contributed by atoms with Crippen LogP contribution in [0.15, 0.2) is 36.5 Å². The summed E-state index contributed by atoms with van der Waals surface area (Å²) in [6.07, 6.45) is 0.641. The van der Waals surface area contributed by atoms with Gasteiger partial charge in [0.05, 0.1) is 26.0 Å². The van der Waals surface area contributed by atoms with E-state index in [1.54, 1.807) is 41.0 Å². The molecule has 3 heterocycles. The molecular formula is C33H38F2N8O7. The van der Waals surface area contributed by atoms with Crippen molar-refractivity contribution in [3.05, 3.63) is 65.1 Å². The second-order valence-corrected chi connectivity index (χ2v) is 12.5. The summed E-state index contributed by atoms with van der Waals surface area (Å²) in [7, 11) is 5.50. The van der Waals surface area contributed by atoms with Gasteiger partial charge in [0.2, 0.25) is 5.82 Å². The molecule has 0 saturated carbocycles. The third-order valence-corrected chi connectivity index (χ3v) is 8.52. The van der Waals surface area contributed by atoms with E-state index in [1.165, 1.54) is 29.9 Å². The van der Waals surface area contributed by atoms with Crippen LogP contribution in [0.25, 0.3) is 11.3 Å². The van der Waals surface area contributed by atoms with Crippen LogP contribution in [-0.2, 0) is 11.8 Å². The predicted molar refractivity (Wildman–Crippen MR) is 173 cm³/mol. The number of piperazine rings is 1. The van der Waals surface area contributed by atoms with E-state index in [4.69, 9.17) is 19.9 Å². The number of aromatic nitrogens is 2. The molecule has 50 heavy (non-hydrogen) atoms. The first-order valence-electron chi connectivity index (χ1n) is 15.5. The standard InChI is InChI=1S/C32H36F2N8O5.CH2O2/c1-19-15-20(37-30(44)29-36-16-24(39(29)2)22-7-8-26(47-14-9-35)28(34)27(22)33)5-6-21(19)31(45)40-10-12-41(13-11-40)32(46)38-23-17-42(3,4)18-25(23)43;2-1-3/h5-8,15-16,23,25,43H,10-14,17-18H2,1-4H3,(H-,37,38,44,45,46);1H,(H,2,3)/t23-,25-;/m0./s1. The number of aliphatic hydroxyl groups excluding tert-OH is 1. The maximum atomic E-state index is 14.8. The minimum absolute atomic E-state index is 0.0606. The van der Waals surface area contributed by atoms with Crippen molar-refractivity contribution in [2.24, 2.45) is 7.05 Å². The number of quaternary nitrogens is 1. The number of imidazole rings is 1. The fourth-order valence-corrected chi connectivity index (χ4v) is 6.03. The Bertz CT molecular complexity index is 1800. The Labute approximate surface area is 286 Å². The molecule has 2 saturated heterocycles. The number of hydrogen-bond donors (Lipinski definition) is 3. The van der Waals surface area contributed by atoms with Crippen molar-refractivity contribution < 1.29 is 47.4 Å². The number of benzene rings is 2. The largest absolute Gasteiger partial charge is 0.554 e. The minimum atomic E-state index is -1.26. The molecule has 266 valence electrons. The highest BCUT2D eigenvalue weighted by Gasteiger charge is 2.40. The number of likely N-dealkylation sites (N-methyl/N-ethyl adjacent to an activating group) is 1. The third kappa shape index (κ3) is 8.33. The van der Waals surface area contributed by atoms with Gasteiger partial charge < -0.3 is 49.2 Å². The number of carbonyl (C=O) groups excluding carboxylic acids is 4. The molecule has 2 aromatic carbocycles. The Morgan fingerprint density at radius 1 is 1.12 bits per heavy atom. The summed E-state index contributed by atoms with van der Waals surface area (Å²) < 4.78 is 36.1. The monoisotopic (exact) mass is 696 g/mol. The van der Waals surface area contributed by atoms with Gasteiger partial charge in [-0.3, -0.25) is 9.59 Å². The number of aryl methyl sites for hydroxylation is 1. The molecule has 0 bridgehead atoms. The summed E-state index contributed by atoms with van der Waals surface area (Å²) in [6.45, 7) is 3.42. The van der Waals surface area contributed by atoms with Crippen LogP contribution in [0.1, 0.15) is 26.5 Å². The zero-order chi connectivity index (χ0) is 36.7. The Morgan fingerprint density at radius 2 is 1.78 bits per heavy atom. The molecule has 15 nitrogen and oxygen atoms in total. The molecule has 3 aromatic rings. The van der Waals surface area contributed by atoms with Crippen molar-refractivity contribution in [2.75, 3.05) is 65.3 Å². The average Bonchev–Trinajstić information content (AvgIpc) is 3.58. The van der Waals surface area contributed by atoms with Gasteiger partial charge in [-0.25, -0.2) is 14.2 Å². The molecule has 2 aliphatic heterocycles. The highest BCUT2D eigenvalue weighted by molar-refractivity contribution is 6.03. The van der Waals surface area contributed by atoms with E-state index in [0.717, 1.165) is 0 Å². The number of ether oxygens (including phenoxy) is 1. The quantitative estimate of drug-likeness (QED) is 0.233. The van der Waals surface area contributed by atoms with Crippen LogP contribution in [-0.4, -0.2) is 125 Å². The number of nitrogens with zero attached hydrogens (tertiary/aromatic N) is 6. The van der Waals surface area contributed by atoms with Crippen LogP contribution in [0.2, 0.25) is 0 Å². The van der Waals surface area contributed by atoms with Crippen LogP contribution >= 0.6 is 0 Å². The first-order valence-corrected chi connectivity index (χ1v) is 15.5. The number of urea groups is 1. The van der Waals surface area contributed by atoms with Gasteiger partial charge in [0.1, 0.15) is 31.3 Å². The third-order valence-electron chi connectivity index (χ3n) is 8.52. The summed E-state index contributed by atoms with van der Waals surface area (Å²) in [4.78, 5) is 54.9. The van der Waals surface area contributed by atoms with E-state index in [9.17, 15) is 28.3 Å². The summed E-state index contributed by atoms with van der Waals surface area (Å²) in [5, 5.41) is 32.8. The zero-order valence-electron chi connectivity index (χ0n) is 28.0. The number of likely N-dealkylation sites (tertiary alicyclic amines) is 1. The van der Waals surface area contributed by atoms with Gasteiger partial charge >= 0.3 is 6.03 Å². The molecule has 17 heteroatoms. The number of nitrogens with one attached hydrogen (secondary N) is 2. The highest BCUT2D eigenvalue weighted by atomic mass is 19.2. The van der Waals surface area contributed by atoms with Crippen LogP contribution in [0.5, 0.6) is 5.75 Å². The zero-order valence-corrected chi connectivity index (χ0v) is 28.0. The smallest absolute Gasteiger partial charge is 0.318 e.